The van der Waals surface area contributed by atoms with E-state index in [4.69, 9.17) is 4.42 Å². The zero-order valence-electron chi connectivity index (χ0n) is 11.6. The maximum atomic E-state index is 12.0. The predicted octanol–water partition coefficient (Wildman–Crippen LogP) is 2.83. The van der Waals surface area contributed by atoms with Gasteiger partial charge in [-0.05, 0) is 24.3 Å². The van der Waals surface area contributed by atoms with Crippen LogP contribution in [0.15, 0.2) is 51.4 Å². The molecular formula is C15H14N2O3S2. The van der Waals surface area contributed by atoms with E-state index in [1.54, 1.807) is 23.5 Å². The molecule has 5 nitrogen and oxygen atoms in total. The van der Waals surface area contributed by atoms with Crippen molar-refractivity contribution < 1.29 is 14.3 Å². The van der Waals surface area contributed by atoms with E-state index in [0.717, 1.165) is 14.6 Å². The molecule has 2 aromatic heterocycles. The summed E-state index contributed by atoms with van der Waals surface area (Å²) in [5.74, 6) is 0.623. The highest BCUT2D eigenvalue weighted by Crippen LogP contribution is 2.29. The van der Waals surface area contributed by atoms with Gasteiger partial charge < -0.3 is 14.8 Å². The molecule has 3 rings (SSSR count). The third kappa shape index (κ3) is 3.49. The van der Waals surface area contributed by atoms with E-state index in [1.165, 1.54) is 18.0 Å². The first kappa shape index (κ1) is 15.1. The van der Waals surface area contributed by atoms with Gasteiger partial charge in [-0.15, -0.1) is 11.3 Å². The number of thioether (sulfide) groups is 1. The van der Waals surface area contributed by atoms with Crippen LogP contribution >= 0.6 is 23.1 Å². The van der Waals surface area contributed by atoms with Crippen molar-refractivity contribution in [1.82, 2.24) is 10.3 Å². The van der Waals surface area contributed by atoms with Gasteiger partial charge >= 0.3 is 0 Å². The zero-order valence-corrected chi connectivity index (χ0v) is 13.2. The van der Waals surface area contributed by atoms with E-state index in [1.807, 2.05) is 24.3 Å². The number of furan rings is 1. The van der Waals surface area contributed by atoms with Crippen molar-refractivity contribution in [2.75, 3.05) is 12.4 Å². The quantitative estimate of drug-likeness (QED) is 0.678. The fourth-order valence-corrected chi connectivity index (χ4v) is 3.85. The van der Waals surface area contributed by atoms with Gasteiger partial charge in [0.2, 0.25) is 5.91 Å². The lowest BCUT2D eigenvalue weighted by atomic mass is 10.2. The monoisotopic (exact) mass is 334 g/mol. The van der Waals surface area contributed by atoms with Crippen molar-refractivity contribution in [2.24, 2.45) is 0 Å². The van der Waals surface area contributed by atoms with Crippen LogP contribution in [0.25, 0.3) is 10.2 Å². The molecule has 0 aliphatic heterocycles. The molecule has 7 heteroatoms. The molecule has 1 amide bonds. The van der Waals surface area contributed by atoms with Crippen LogP contribution in [0.3, 0.4) is 0 Å². The number of thiazole rings is 1. The van der Waals surface area contributed by atoms with E-state index in [0.29, 0.717) is 5.76 Å². The Morgan fingerprint density at radius 1 is 1.36 bits per heavy atom. The largest absolute Gasteiger partial charge is 0.467 e. The van der Waals surface area contributed by atoms with Crippen LogP contribution in [-0.4, -0.2) is 28.4 Å². The molecule has 2 heterocycles. The van der Waals surface area contributed by atoms with Crippen LogP contribution in [0.4, 0.5) is 0 Å². The number of carbonyl (C=O) groups is 1. The first-order valence-corrected chi connectivity index (χ1v) is 8.48. The van der Waals surface area contributed by atoms with Crippen molar-refractivity contribution in [3.05, 3.63) is 48.4 Å². The summed E-state index contributed by atoms with van der Waals surface area (Å²) in [6, 6.07) is 10.8. The molecule has 0 radical (unpaired) electrons. The van der Waals surface area contributed by atoms with Crippen LogP contribution in [0.1, 0.15) is 11.8 Å². The fraction of sp³-hybridized carbons (Fsp3) is 0.200. The molecule has 1 unspecified atom stereocenters. The maximum Gasteiger partial charge on any atom is 0.231 e. The first-order chi connectivity index (χ1) is 10.8. The number of benzene rings is 1. The highest BCUT2D eigenvalue weighted by Gasteiger charge is 2.16. The van der Waals surface area contributed by atoms with E-state index in [-0.39, 0.29) is 18.3 Å². The fourth-order valence-electron chi connectivity index (χ4n) is 1.97. The molecule has 0 aliphatic rings. The number of aliphatic hydroxyl groups excluding tert-OH is 1. The molecule has 0 aliphatic carbocycles. The van der Waals surface area contributed by atoms with Crippen molar-refractivity contribution in [3.63, 3.8) is 0 Å². The third-order valence-corrected chi connectivity index (χ3v) is 5.18. The standard InChI is InChI=1S/C15H14N2O3S2/c18-8-11(12-5-3-7-20-12)16-14(19)9-21-15-17-10-4-1-2-6-13(10)22-15/h1-7,11,18H,8-9H2,(H,16,19). The molecule has 0 saturated heterocycles. The molecule has 2 N–H and O–H groups in total. The van der Waals surface area contributed by atoms with Crippen molar-refractivity contribution >= 4 is 39.2 Å². The lowest BCUT2D eigenvalue weighted by Gasteiger charge is -2.13. The number of nitrogens with zero attached hydrogens (tertiary/aromatic N) is 1. The van der Waals surface area contributed by atoms with Gasteiger partial charge in [-0.25, -0.2) is 4.98 Å². The molecule has 0 saturated carbocycles. The number of nitrogens with one attached hydrogen (secondary N) is 1. The predicted molar refractivity (Wildman–Crippen MR) is 87.0 cm³/mol. The second-order valence-electron chi connectivity index (χ2n) is 4.55. The van der Waals surface area contributed by atoms with Crippen LogP contribution < -0.4 is 5.32 Å². The number of aliphatic hydroxyl groups is 1. The average Bonchev–Trinajstić information content (AvgIpc) is 3.19. The molecule has 3 aromatic rings. The second-order valence-corrected chi connectivity index (χ2v) is 6.81. The highest BCUT2D eigenvalue weighted by molar-refractivity contribution is 8.01. The summed E-state index contributed by atoms with van der Waals surface area (Å²) in [7, 11) is 0. The number of hydrogen-bond acceptors (Lipinski definition) is 6. The number of carbonyl (C=O) groups excluding carboxylic acids is 1. The molecule has 1 atom stereocenters. The third-order valence-electron chi connectivity index (χ3n) is 3.01. The highest BCUT2D eigenvalue weighted by atomic mass is 32.2. The first-order valence-electron chi connectivity index (χ1n) is 6.68. The molecule has 114 valence electrons. The Kier molecular flexibility index (Phi) is 4.77. The second kappa shape index (κ2) is 6.95. The minimum atomic E-state index is -0.515. The Labute approximate surface area is 135 Å². The summed E-state index contributed by atoms with van der Waals surface area (Å²) in [6.45, 7) is -0.203. The van der Waals surface area contributed by atoms with Crippen molar-refractivity contribution in [3.8, 4) is 0 Å². The van der Waals surface area contributed by atoms with Crippen molar-refractivity contribution in [2.45, 2.75) is 10.4 Å². The SMILES string of the molecule is O=C(CSc1nc2ccccc2s1)NC(CO)c1ccco1. The number of para-hydroxylation sites is 1. The molecule has 0 spiro atoms. The summed E-state index contributed by atoms with van der Waals surface area (Å²) in [6.07, 6.45) is 1.51. The molecular weight excluding hydrogens is 320 g/mol. The Morgan fingerprint density at radius 2 is 2.23 bits per heavy atom. The molecule has 1 aromatic carbocycles. The molecule has 22 heavy (non-hydrogen) atoms. The molecule has 0 bridgehead atoms. The van der Waals surface area contributed by atoms with Gasteiger partial charge in [-0.3, -0.25) is 4.79 Å². The van der Waals surface area contributed by atoms with Gasteiger partial charge in [0.25, 0.3) is 0 Å². The smallest absolute Gasteiger partial charge is 0.231 e. The average molecular weight is 334 g/mol. The Bertz CT molecular complexity index is 722. The van der Waals surface area contributed by atoms with Crippen molar-refractivity contribution in [1.29, 1.82) is 0 Å². The number of rotatable bonds is 6. The summed E-state index contributed by atoms with van der Waals surface area (Å²) in [5.41, 5.74) is 0.944. The van der Waals surface area contributed by atoms with Crippen LogP contribution in [-0.2, 0) is 4.79 Å². The van der Waals surface area contributed by atoms with E-state index in [2.05, 4.69) is 10.3 Å². The Balaban J connectivity index is 1.57. The summed E-state index contributed by atoms with van der Waals surface area (Å²) in [5, 5.41) is 12.1. The summed E-state index contributed by atoms with van der Waals surface area (Å²) in [4.78, 5) is 16.5. The van der Waals surface area contributed by atoms with Crippen LogP contribution in [0.5, 0.6) is 0 Å². The normalized spacial score (nSPS) is 12.4. The van der Waals surface area contributed by atoms with Gasteiger partial charge in [0.1, 0.15) is 11.8 Å². The number of amides is 1. The minimum Gasteiger partial charge on any atom is -0.467 e. The summed E-state index contributed by atoms with van der Waals surface area (Å²) >= 11 is 2.95. The van der Waals surface area contributed by atoms with Gasteiger partial charge in [0, 0.05) is 0 Å². The Morgan fingerprint density at radius 3 is 2.95 bits per heavy atom. The number of hydrogen-bond donors (Lipinski definition) is 2. The van der Waals surface area contributed by atoms with Gasteiger partial charge in [-0.2, -0.15) is 0 Å². The lowest BCUT2D eigenvalue weighted by molar-refractivity contribution is -0.119. The Hall–Kier alpha value is -1.83. The number of aromatic nitrogens is 1. The van der Waals surface area contributed by atoms with Crippen LogP contribution in [0, 0.1) is 0 Å². The topological polar surface area (TPSA) is 75.4 Å². The molecule has 0 fully saturated rings. The minimum absolute atomic E-state index is 0.167. The van der Waals surface area contributed by atoms with E-state index < -0.39 is 6.04 Å². The van der Waals surface area contributed by atoms with Gasteiger partial charge in [0.15, 0.2) is 4.34 Å². The van der Waals surface area contributed by atoms with Gasteiger partial charge in [0.05, 0.1) is 28.8 Å². The summed E-state index contributed by atoms with van der Waals surface area (Å²) < 4.78 is 7.16. The maximum absolute atomic E-state index is 12.0. The van der Waals surface area contributed by atoms with E-state index in [9.17, 15) is 9.90 Å². The number of fused-ring (bicyclic) bond motifs is 1. The zero-order chi connectivity index (χ0) is 15.4. The van der Waals surface area contributed by atoms with E-state index >= 15 is 0 Å². The van der Waals surface area contributed by atoms with Crippen LogP contribution in [0.2, 0.25) is 0 Å². The lowest BCUT2D eigenvalue weighted by Crippen LogP contribution is -2.31. The van der Waals surface area contributed by atoms with Gasteiger partial charge in [-0.1, -0.05) is 23.9 Å².